The Kier molecular flexibility index (Phi) is 5.14. The number of anilines is 3. The molecule has 0 spiro atoms. The summed E-state index contributed by atoms with van der Waals surface area (Å²) in [5.41, 5.74) is 2.43. The Labute approximate surface area is 173 Å². The first kappa shape index (κ1) is 18.9. The van der Waals surface area contributed by atoms with E-state index in [9.17, 15) is 9.59 Å². The van der Waals surface area contributed by atoms with Crippen LogP contribution >= 0.6 is 11.3 Å². The third kappa shape index (κ3) is 3.77. The molecule has 3 aromatic rings. The van der Waals surface area contributed by atoms with E-state index in [2.05, 4.69) is 10.4 Å². The lowest BCUT2D eigenvalue weighted by Gasteiger charge is -2.31. The molecule has 0 unspecified atom stereocenters. The highest BCUT2D eigenvalue weighted by Crippen LogP contribution is 2.40. The Bertz CT molecular complexity index is 1050. The highest BCUT2D eigenvalue weighted by atomic mass is 32.1. The van der Waals surface area contributed by atoms with Crippen molar-refractivity contribution in [2.45, 2.75) is 20.0 Å². The van der Waals surface area contributed by atoms with Gasteiger partial charge in [0, 0.05) is 30.1 Å². The third-order valence-corrected chi connectivity index (χ3v) is 5.42. The van der Waals surface area contributed by atoms with Crippen molar-refractivity contribution < 1.29 is 9.59 Å². The number of nitrogens with one attached hydrogen (secondary N) is 1. The van der Waals surface area contributed by atoms with E-state index >= 15 is 0 Å². The minimum Gasteiger partial charge on any atom is -0.326 e. The van der Waals surface area contributed by atoms with Crippen LogP contribution in [0.4, 0.5) is 17.1 Å². The molecular formula is C22H20N4O2S. The summed E-state index contributed by atoms with van der Waals surface area (Å²) < 4.78 is 0. The van der Waals surface area contributed by atoms with Crippen LogP contribution in [0.2, 0.25) is 0 Å². The molecule has 0 aliphatic carbocycles. The Morgan fingerprint density at radius 3 is 2.24 bits per heavy atom. The smallest absolute Gasteiger partial charge is 0.221 e. The van der Waals surface area contributed by atoms with Gasteiger partial charge in [-0.2, -0.15) is 0 Å². The van der Waals surface area contributed by atoms with Gasteiger partial charge >= 0.3 is 0 Å². The minimum absolute atomic E-state index is 0.115. The second-order valence-electron chi connectivity index (χ2n) is 6.65. The molecule has 0 saturated heterocycles. The molecular weight excluding hydrogens is 384 g/mol. The van der Waals surface area contributed by atoms with Crippen LogP contribution in [0.15, 0.2) is 77.2 Å². The summed E-state index contributed by atoms with van der Waals surface area (Å²) in [6.07, 6.45) is -0.275. The van der Waals surface area contributed by atoms with Gasteiger partial charge in [0.15, 0.2) is 17.8 Å². The van der Waals surface area contributed by atoms with Crippen LogP contribution in [0.3, 0.4) is 0 Å². The number of nitrogens with zero attached hydrogens (tertiary/aromatic N) is 3. The lowest BCUT2D eigenvalue weighted by molar-refractivity contribution is -0.114. The number of rotatable bonds is 5. The second-order valence-corrected chi connectivity index (χ2v) is 7.63. The molecule has 146 valence electrons. The van der Waals surface area contributed by atoms with E-state index in [0.29, 0.717) is 11.5 Å². The zero-order valence-electron chi connectivity index (χ0n) is 16.1. The van der Waals surface area contributed by atoms with Gasteiger partial charge in [-0.1, -0.05) is 24.3 Å². The fourth-order valence-corrected chi connectivity index (χ4v) is 4.11. The number of carbonyl (C=O) groups excluding carboxylic acids is 2. The molecule has 0 fully saturated rings. The quantitative estimate of drug-likeness (QED) is 0.673. The van der Waals surface area contributed by atoms with Crippen molar-refractivity contribution in [1.29, 1.82) is 0 Å². The van der Waals surface area contributed by atoms with Gasteiger partial charge in [0.2, 0.25) is 5.91 Å². The van der Waals surface area contributed by atoms with Gasteiger partial charge < -0.3 is 5.32 Å². The van der Waals surface area contributed by atoms with Crippen LogP contribution in [0.5, 0.6) is 0 Å². The Hall–Kier alpha value is -3.45. The molecule has 1 amide bonds. The van der Waals surface area contributed by atoms with E-state index in [0.717, 1.165) is 16.3 Å². The Balaban J connectivity index is 1.80. The van der Waals surface area contributed by atoms with Gasteiger partial charge in [0.25, 0.3) is 0 Å². The second kappa shape index (κ2) is 7.89. The molecule has 4 rings (SSSR count). The average Bonchev–Trinajstić information content (AvgIpc) is 3.36. The van der Waals surface area contributed by atoms with Crippen molar-refractivity contribution in [3.8, 4) is 0 Å². The minimum atomic E-state index is -0.275. The van der Waals surface area contributed by atoms with Gasteiger partial charge in [-0.15, -0.1) is 16.4 Å². The highest BCUT2D eigenvalue weighted by Gasteiger charge is 2.39. The van der Waals surface area contributed by atoms with Crippen molar-refractivity contribution in [2.75, 3.05) is 15.2 Å². The number of amides is 1. The maximum absolute atomic E-state index is 12.5. The first-order valence-electron chi connectivity index (χ1n) is 9.18. The number of ketones is 1. The largest absolute Gasteiger partial charge is 0.326 e. The first-order chi connectivity index (χ1) is 14.0. The van der Waals surface area contributed by atoms with Crippen molar-refractivity contribution >= 4 is 45.9 Å². The highest BCUT2D eigenvalue weighted by molar-refractivity contribution is 7.10. The molecule has 6 nitrogen and oxygen atoms in total. The molecule has 0 bridgehead atoms. The van der Waals surface area contributed by atoms with E-state index in [1.165, 1.54) is 13.8 Å². The summed E-state index contributed by atoms with van der Waals surface area (Å²) in [6, 6.07) is 21.3. The van der Waals surface area contributed by atoms with Crippen LogP contribution in [0, 0.1) is 0 Å². The normalized spacial score (nSPS) is 15.9. The fraction of sp³-hybridized carbons (Fsp3) is 0.136. The molecule has 1 aromatic heterocycles. The molecule has 2 heterocycles. The van der Waals surface area contributed by atoms with E-state index in [1.54, 1.807) is 11.3 Å². The lowest BCUT2D eigenvalue weighted by Crippen LogP contribution is -2.37. The molecule has 1 atom stereocenters. The van der Waals surface area contributed by atoms with E-state index in [-0.39, 0.29) is 17.9 Å². The van der Waals surface area contributed by atoms with E-state index < -0.39 is 0 Å². The lowest BCUT2D eigenvalue weighted by atomic mass is 10.2. The standard InChI is InChI=1S/C22H20N4O2S/c1-15(27)21-24-26(19-7-4-3-5-8-19)22(20-9-6-14-29-20)25(21)18-12-10-17(11-13-18)23-16(2)28/h3-14,22H,1-2H3,(H,23,28)/t22-/m0/s1. The predicted octanol–water partition coefficient (Wildman–Crippen LogP) is 4.63. The van der Waals surface area contributed by atoms with Crippen molar-refractivity contribution in [2.24, 2.45) is 5.10 Å². The molecule has 7 heteroatoms. The molecule has 0 radical (unpaired) electrons. The van der Waals surface area contributed by atoms with Crippen molar-refractivity contribution in [3.63, 3.8) is 0 Å². The molecule has 1 N–H and O–H groups in total. The number of para-hydroxylation sites is 1. The van der Waals surface area contributed by atoms with Crippen LogP contribution in [0.25, 0.3) is 0 Å². The summed E-state index contributed by atoms with van der Waals surface area (Å²) in [7, 11) is 0. The monoisotopic (exact) mass is 404 g/mol. The molecule has 1 aliphatic heterocycles. The number of benzene rings is 2. The maximum atomic E-state index is 12.5. The SMILES string of the molecule is CC(=O)Nc1ccc(N2C(C(C)=O)=NN(c3ccccc3)[C@H]2c2cccs2)cc1. The zero-order valence-corrected chi connectivity index (χ0v) is 16.9. The molecule has 29 heavy (non-hydrogen) atoms. The number of hydrazone groups is 1. The summed E-state index contributed by atoms with van der Waals surface area (Å²) in [6.45, 7) is 3.00. The van der Waals surface area contributed by atoms with Crippen LogP contribution < -0.4 is 15.2 Å². The van der Waals surface area contributed by atoms with Crippen LogP contribution in [0.1, 0.15) is 24.9 Å². The van der Waals surface area contributed by atoms with E-state index in [4.69, 9.17) is 0 Å². The topological polar surface area (TPSA) is 65.0 Å². The van der Waals surface area contributed by atoms with Crippen molar-refractivity contribution in [1.82, 2.24) is 0 Å². The molecule has 1 aliphatic rings. The van der Waals surface area contributed by atoms with Crippen LogP contribution in [-0.4, -0.2) is 17.5 Å². The maximum Gasteiger partial charge on any atom is 0.221 e. The Morgan fingerprint density at radius 2 is 1.66 bits per heavy atom. The van der Waals surface area contributed by atoms with Crippen molar-refractivity contribution in [3.05, 3.63) is 77.0 Å². The number of hydrogen-bond acceptors (Lipinski definition) is 6. The summed E-state index contributed by atoms with van der Waals surface area (Å²) in [5.74, 6) is 0.132. The van der Waals surface area contributed by atoms with Gasteiger partial charge in [-0.25, -0.2) is 5.01 Å². The Morgan fingerprint density at radius 1 is 0.931 bits per heavy atom. The third-order valence-electron chi connectivity index (χ3n) is 4.51. The fourth-order valence-electron chi connectivity index (χ4n) is 3.31. The number of thiophene rings is 1. The summed E-state index contributed by atoms with van der Waals surface area (Å²) in [5, 5.41) is 11.3. The van der Waals surface area contributed by atoms with Gasteiger partial charge in [0.1, 0.15) is 0 Å². The van der Waals surface area contributed by atoms with Gasteiger partial charge in [0.05, 0.1) is 5.69 Å². The zero-order chi connectivity index (χ0) is 20.4. The summed E-state index contributed by atoms with van der Waals surface area (Å²) in [4.78, 5) is 26.8. The first-order valence-corrected chi connectivity index (χ1v) is 10.1. The van der Waals surface area contributed by atoms with Gasteiger partial charge in [-0.05, 0) is 47.8 Å². The number of amidine groups is 1. The van der Waals surface area contributed by atoms with Crippen LogP contribution in [-0.2, 0) is 9.59 Å². The summed E-state index contributed by atoms with van der Waals surface area (Å²) >= 11 is 1.62. The number of Topliss-reactive ketones (excluding diaryl/α,β-unsaturated/α-hetero) is 1. The number of hydrogen-bond donors (Lipinski definition) is 1. The molecule has 2 aromatic carbocycles. The van der Waals surface area contributed by atoms with Gasteiger partial charge in [-0.3, -0.25) is 14.5 Å². The predicted molar refractivity (Wildman–Crippen MR) is 117 cm³/mol. The average molecular weight is 404 g/mol. The number of carbonyl (C=O) groups is 2. The molecule has 0 saturated carbocycles. The van der Waals surface area contributed by atoms with E-state index in [1.807, 2.05) is 82.0 Å².